The van der Waals surface area contributed by atoms with E-state index in [1.54, 1.807) is 32.0 Å². The number of nitrogens with one attached hydrogen (secondary N) is 1. The predicted molar refractivity (Wildman–Crippen MR) is 78.9 cm³/mol. The molecule has 1 aliphatic heterocycles. The van der Waals surface area contributed by atoms with Gasteiger partial charge in [-0.05, 0) is 26.0 Å². The Kier molecular flexibility index (Phi) is 3.80. The van der Waals surface area contributed by atoms with Crippen molar-refractivity contribution >= 4 is 35.1 Å². The van der Waals surface area contributed by atoms with Gasteiger partial charge in [0.25, 0.3) is 5.91 Å². The van der Waals surface area contributed by atoms with Crippen molar-refractivity contribution in [3.63, 3.8) is 0 Å². The van der Waals surface area contributed by atoms with Crippen LogP contribution in [0.5, 0.6) is 0 Å². The summed E-state index contributed by atoms with van der Waals surface area (Å²) in [6.07, 6.45) is 0. The third-order valence-corrected chi connectivity index (χ3v) is 3.72. The molecule has 0 bridgehead atoms. The molecule has 1 atom stereocenters. The van der Waals surface area contributed by atoms with Crippen LogP contribution >= 0.6 is 23.2 Å². The molecule has 1 aromatic carbocycles. The highest BCUT2D eigenvalue weighted by atomic mass is 35.5. The molecule has 1 fully saturated rings. The molecular formula is C14H14Cl2N2O2. The van der Waals surface area contributed by atoms with Crippen molar-refractivity contribution in [1.29, 1.82) is 0 Å². The van der Waals surface area contributed by atoms with E-state index in [1.807, 2.05) is 0 Å². The highest BCUT2D eigenvalue weighted by molar-refractivity contribution is 6.35. The minimum absolute atomic E-state index is 0.186. The topological polar surface area (TPSA) is 49.4 Å². The summed E-state index contributed by atoms with van der Waals surface area (Å²) in [5.74, 6) is -0.352. The molecule has 1 N–H and O–H groups in total. The number of carbonyl (C=O) groups excluding carboxylic acids is 2. The second-order valence-corrected chi connectivity index (χ2v) is 5.87. The predicted octanol–water partition coefficient (Wildman–Crippen LogP) is 3.34. The lowest BCUT2D eigenvalue weighted by Gasteiger charge is -2.23. The molecule has 0 unspecified atom stereocenters. The van der Waals surface area contributed by atoms with Crippen molar-refractivity contribution in [2.45, 2.75) is 19.4 Å². The first kappa shape index (κ1) is 14.9. The smallest absolute Gasteiger partial charge is 0.319 e. The summed E-state index contributed by atoms with van der Waals surface area (Å²) in [5, 5.41) is 3.49. The number of amides is 3. The van der Waals surface area contributed by atoms with Crippen LogP contribution in [-0.4, -0.2) is 23.4 Å². The monoisotopic (exact) mass is 312 g/mol. The van der Waals surface area contributed by atoms with Gasteiger partial charge in [0.05, 0.1) is 6.54 Å². The van der Waals surface area contributed by atoms with Gasteiger partial charge in [0.15, 0.2) is 0 Å². The zero-order chi connectivity index (χ0) is 15.1. The first-order chi connectivity index (χ1) is 9.25. The number of halogens is 2. The van der Waals surface area contributed by atoms with E-state index in [-0.39, 0.29) is 12.5 Å². The standard InChI is InChI=1S/C14H14Cl2N2O2/c1-8(2)7-18-12(19)14(3,17-13(18)20)10-5-4-9(15)6-11(10)16/h4-6H,1,7H2,2-3H3,(H,17,20)/t14-/m0/s1. The van der Waals surface area contributed by atoms with Gasteiger partial charge >= 0.3 is 6.03 Å². The first-order valence-corrected chi connectivity index (χ1v) is 6.75. The van der Waals surface area contributed by atoms with E-state index in [1.165, 1.54) is 0 Å². The quantitative estimate of drug-likeness (QED) is 0.687. The van der Waals surface area contributed by atoms with Gasteiger partial charge in [-0.25, -0.2) is 4.79 Å². The van der Waals surface area contributed by atoms with Gasteiger partial charge in [0.2, 0.25) is 0 Å². The fraction of sp³-hybridized carbons (Fsp3) is 0.286. The van der Waals surface area contributed by atoms with Gasteiger partial charge in [-0.2, -0.15) is 0 Å². The van der Waals surface area contributed by atoms with Gasteiger partial charge in [0.1, 0.15) is 5.54 Å². The fourth-order valence-electron chi connectivity index (χ4n) is 2.19. The molecular weight excluding hydrogens is 299 g/mol. The van der Waals surface area contributed by atoms with Crippen LogP contribution < -0.4 is 5.32 Å². The molecule has 1 aromatic rings. The molecule has 106 valence electrons. The van der Waals surface area contributed by atoms with Crippen molar-refractivity contribution in [3.8, 4) is 0 Å². The second kappa shape index (κ2) is 5.11. The van der Waals surface area contributed by atoms with E-state index in [0.29, 0.717) is 15.6 Å². The largest absolute Gasteiger partial charge is 0.325 e. The molecule has 2 rings (SSSR count). The Morgan fingerprint density at radius 3 is 2.60 bits per heavy atom. The van der Waals surface area contributed by atoms with Crippen LogP contribution in [0.15, 0.2) is 30.4 Å². The molecule has 4 nitrogen and oxygen atoms in total. The number of imide groups is 1. The molecule has 6 heteroatoms. The minimum Gasteiger partial charge on any atom is -0.319 e. The summed E-state index contributed by atoms with van der Waals surface area (Å²) in [5.41, 5.74) is 0.0554. The maximum atomic E-state index is 12.5. The molecule has 0 aliphatic carbocycles. The van der Waals surface area contributed by atoms with E-state index in [4.69, 9.17) is 23.2 Å². The van der Waals surface area contributed by atoms with Crippen LogP contribution in [0.25, 0.3) is 0 Å². The summed E-state index contributed by atoms with van der Waals surface area (Å²) in [6.45, 7) is 7.29. The molecule has 1 heterocycles. The van der Waals surface area contributed by atoms with E-state index in [0.717, 1.165) is 10.5 Å². The second-order valence-electron chi connectivity index (χ2n) is 5.03. The maximum absolute atomic E-state index is 12.5. The molecule has 1 saturated heterocycles. The molecule has 1 aliphatic rings. The highest BCUT2D eigenvalue weighted by Crippen LogP contribution is 2.35. The molecule has 0 radical (unpaired) electrons. The molecule has 0 spiro atoms. The Hall–Kier alpha value is -1.52. The van der Waals surface area contributed by atoms with E-state index in [2.05, 4.69) is 11.9 Å². The lowest BCUT2D eigenvalue weighted by Crippen LogP contribution is -2.41. The van der Waals surface area contributed by atoms with Crippen LogP contribution in [0.2, 0.25) is 10.0 Å². The normalized spacial score (nSPS) is 22.1. The van der Waals surface area contributed by atoms with E-state index >= 15 is 0 Å². The Balaban J connectivity index is 2.43. The van der Waals surface area contributed by atoms with Gasteiger partial charge in [-0.1, -0.05) is 41.4 Å². The van der Waals surface area contributed by atoms with Gasteiger partial charge in [0, 0.05) is 15.6 Å². The maximum Gasteiger partial charge on any atom is 0.325 e. The molecule has 3 amide bonds. The number of urea groups is 1. The summed E-state index contributed by atoms with van der Waals surface area (Å²) in [7, 11) is 0. The number of rotatable bonds is 3. The number of hydrogen-bond acceptors (Lipinski definition) is 2. The van der Waals surface area contributed by atoms with Crippen LogP contribution in [0, 0.1) is 0 Å². The van der Waals surface area contributed by atoms with E-state index in [9.17, 15) is 9.59 Å². The fourth-order valence-corrected chi connectivity index (χ4v) is 2.79. The summed E-state index contributed by atoms with van der Waals surface area (Å²) < 4.78 is 0. The van der Waals surface area contributed by atoms with Crippen LogP contribution in [0.3, 0.4) is 0 Å². The van der Waals surface area contributed by atoms with Crippen molar-refractivity contribution in [1.82, 2.24) is 10.2 Å². The van der Waals surface area contributed by atoms with Gasteiger partial charge < -0.3 is 5.32 Å². The zero-order valence-electron chi connectivity index (χ0n) is 11.2. The van der Waals surface area contributed by atoms with Crippen LogP contribution in [-0.2, 0) is 10.3 Å². The lowest BCUT2D eigenvalue weighted by molar-refractivity contribution is -0.130. The average Bonchev–Trinajstić information content (AvgIpc) is 2.53. The van der Waals surface area contributed by atoms with Crippen molar-refractivity contribution in [2.75, 3.05) is 6.54 Å². The van der Waals surface area contributed by atoms with Crippen LogP contribution in [0.4, 0.5) is 4.79 Å². The average molecular weight is 313 g/mol. The van der Waals surface area contributed by atoms with E-state index < -0.39 is 11.6 Å². The molecule has 0 saturated carbocycles. The molecule has 0 aromatic heterocycles. The Labute approximate surface area is 127 Å². The first-order valence-electron chi connectivity index (χ1n) is 5.99. The Bertz CT molecular complexity index is 615. The summed E-state index contributed by atoms with van der Waals surface area (Å²) >= 11 is 12.0. The van der Waals surface area contributed by atoms with Crippen molar-refractivity contribution in [3.05, 3.63) is 46.0 Å². The number of benzene rings is 1. The number of nitrogens with zero attached hydrogens (tertiary/aromatic N) is 1. The summed E-state index contributed by atoms with van der Waals surface area (Å²) in [4.78, 5) is 25.6. The Morgan fingerprint density at radius 2 is 2.05 bits per heavy atom. The van der Waals surface area contributed by atoms with Crippen molar-refractivity contribution < 1.29 is 9.59 Å². The summed E-state index contributed by atoms with van der Waals surface area (Å²) in [6, 6.07) is 4.37. The third kappa shape index (κ3) is 2.41. The van der Waals surface area contributed by atoms with Crippen LogP contribution in [0.1, 0.15) is 19.4 Å². The number of carbonyl (C=O) groups is 2. The Morgan fingerprint density at radius 1 is 1.40 bits per heavy atom. The minimum atomic E-state index is -1.19. The SMILES string of the molecule is C=C(C)CN1C(=O)N[C@@](C)(c2ccc(Cl)cc2Cl)C1=O. The zero-order valence-corrected chi connectivity index (χ0v) is 12.7. The van der Waals surface area contributed by atoms with Gasteiger partial charge in [-0.15, -0.1) is 0 Å². The molecule has 20 heavy (non-hydrogen) atoms. The third-order valence-electron chi connectivity index (χ3n) is 3.17. The van der Waals surface area contributed by atoms with Crippen molar-refractivity contribution in [2.24, 2.45) is 0 Å². The van der Waals surface area contributed by atoms with Gasteiger partial charge in [-0.3, -0.25) is 9.69 Å². The number of hydrogen-bond donors (Lipinski definition) is 1. The lowest BCUT2D eigenvalue weighted by atomic mass is 9.92. The highest BCUT2D eigenvalue weighted by Gasteiger charge is 2.49.